The summed E-state index contributed by atoms with van der Waals surface area (Å²) in [6.07, 6.45) is 0. The fourth-order valence-corrected chi connectivity index (χ4v) is 1.91. The average molecular weight is 284 g/mol. The number of hydrogen-bond donors (Lipinski definition) is 3. The summed E-state index contributed by atoms with van der Waals surface area (Å²) in [5, 5.41) is 11.6. The molecule has 0 saturated heterocycles. The zero-order valence-electron chi connectivity index (χ0n) is 11.5. The van der Waals surface area contributed by atoms with Crippen LogP contribution in [0.15, 0.2) is 54.6 Å². The zero-order valence-corrected chi connectivity index (χ0v) is 11.5. The van der Waals surface area contributed by atoms with Gasteiger partial charge in [-0.15, -0.1) is 0 Å². The Hall–Kier alpha value is -2.66. The average Bonchev–Trinajstić information content (AvgIpc) is 2.48. The first-order chi connectivity index (χ1) is 9.91. The van der Waals surface area contributed by atoms with Gasteiger partial charge in [0.05, 0.1) is 5.56 Å². The van der Waals surface area contributed by atoms with Crippen molar-refractivity contribution >= 4 is 17.6 Å². The topological polar surface area (TPSA) is 92.4 Å². The van der Waals surface area contributed by atoms with Crippen molar-refractivity contribution in [3.05, 3.63) is 65.7 Å². The van der Waals surface area contributed by atoms with Gasteiger partial charge in [0.15, 0.2) is 0 Å². The molecule has 0 saturated carbocycles. The number of rotatable bonds is 4. The summed E-state index contributed by atoms with van der Waals surface area (Å²) in [7, 11) is 0. The SMILES string of the molecule is CC(N)(C(=O)Nc1cccc(C(=O)O)c1)c1ccccc1. The molecule has 1 atom stereocenters. The lowest BCUT2D eigenvalue weighted by molar-refractivity contribution is -0.120. The van der Waals surface area contributed by atoms with Gasteiger partial charge in [-0.2, -0.15) is 0 Å². The van der Waals surface area contributed by atoms with E-state index in [-0.39, 0.29) is 5.56 Å². The second-order valence-corrected chi connectivity index (χ2v) is 4.91. The Morgan fingerprint density at radius 2 is 1.76 bits per heavy atom. The fraction of sp³-hybridized carbons (Fsp3) is 0.125. The number of nitrogens with one attached hydrogen (secondary N) is 1. The van der Waals surface area contributed by atoms with E-state index in [4.69, 9.17) is 10.8 Å². The second kappa shape index (κ2) is 5.76. The third-order valence-corrected chi connectivity index (χ3v) is 3.21. The Bertz CT molecular complexity index is 666. The van der Waals surface area contributed by atoms with E-state index in [0.717, 1.165) is 0 Å². The van der Waals surface area contributed by atoms with E-state index in [2.05, 4.69) is 5.32 Å². The van der Waals surface area contributed by atoms with Gasteiger partial charge in [0.1, 0.15) is 5.54 Å². The number of nitrogens with two attached hydrogens (primary N) is 1. The minimum absolute atomic E-state index is 0.103. The fourth-order valence-electron chi connectivity index (χ4n) is 1.91. The second-order valence-electron chi connectivity index (χ2n) is 4.91. The molecule has 0 radical (unpaired) electrons. The van der Waals surface area contributed by atoms with E-state index in [1.54, 1.807) is 43.3 Å². The normalized spacial score (nSPS) is 13.2. The highest BCUT2D eigenvalue weighted by Gasteiger charge is 2.30. The smallest absolute Gasteiger partial charge is 0.335 e. The van der Waals surface area contributed by atoms with Crippen molar-refractivity contribution < 1.29 is 14.7 Å². The van der Waals surface area contributed by atoms with Crippen molar-refractivity contribution in [3.8, 4) is 0 Å². The van der Waals surface area contributed by atoms with Gasteiger partial charge in [-0.1, -0.05) is 36.4 Å². The van der Waals surface area contributed by atoms with Gasteiger partial charge < -0.3 is 16.2 Å². The number of anilines is 1. The molecule has 0 aromatic heterocycles. The van der Waals surface area contributed by atoms with Crippen LogP contribution >= 0.6 is 0 Å². The van der Waals surface area contributed by atoms with E-state index in [1.807, 2.05) is 6.07 Å². The van der Waals surface area contributed by atoms with Crippen LogP contribution in [0, 0.1) is 0 Å². The zero-order chi connectivity index (χ0) is 15.5. The van der Waals surface area contributed by atoms with Crippen LogP contribution in [0.3, 0.4) is 0 Å². The van der Waals surface area contributed by atoms with Crippen molar-refractivity contribution in [2.45, 2.75) is 12.5 Å². The van der Waals surface area contributed by atoms with Gasteiger partial charge in [-0.3, -0.25) is 4.79 Å². The molecule has 5 nitrogen and oxygen atoms in total. The van der Waals surface area contributed by atoms with E-state index < -0.39 is 17.4 Å². The molecule has 0 aliphatic rings. The van der Waals surface area contributed by atoms with Crippen LogP contribution in [-0.2, 0) is 10.3 Å². The van der Waals surface area contributed by atoms with Gasteiger partial charge in [-0.05, 0) is 30.7 Å². The molecule has 2 rings (SSSR count). The van der Waals surface area contributed by atoms with E-state index in [1.165, 1.54) is 12.1 Å². The number of carboxylic acid groups (broad SMARTS) is 1. The van der Waals surface area contributed by atoms with Gasteiger partial charge in [0.25, 0.3) is 0 Å². The number of carbonyl (C=O) groups is 2. The first-order valence-corrected chi connectivity index (χ1v) is 6.40. The Kier molecular flexibility index (Phi) is 4.05. The minimum atomic E-state index is -1.21. The van der Waals surface area contributed by atoms with Crippen LogP contribution in [0.4, 0.5) is 5.69 Å². The van der Waals surface area contributed by atoms with Crippen molar-refractivity contribution in [2.75, 3.05) is 5.32 Å². The number of benzene rings is 2. The molecule has 0 spiro atoms. The summed E-state index contributed by atoms with van der Waals surface area (Å²) >= 11 is 0. The molecule has 21 heavy (non-hydrogen) atoms. The Balaban J connectivity index is 2.21. The van der Waals surface area contributed by atoms with Crippen LogP contribution in [-0.4, -0.2) is 17.0 Å². The van der Waals surface area contributed by atoms with Crippen LogP contribution < -0.4 is 11.1 Å². The molecule has 1 amide bonds. The van der Waals surface area contributed by atoms with Crippen molar-refractivity contribution in [1.82, 2.24) is 0 Å². The Labute approximate surface area is 122 Å². The number of aromatic carboxylic acids is 1. The van der Waals surface area contributed by atoms with Crippen LogP contribution in [0.25, 0.3) is 0 Å². The molecule has 4 N–H and O–H groups in total. The number of carbonyl (C=O) groups excluding carboxylic acids is 1. The van der Waals surface area contributed by atoms with Crippen LogP contribution in [0.1, 0.15) is 22.8 Å². The monoisotopic (exact) mass is 284 g/mol. The highest BCUT2D eigenvalue weighted by atomic mass is 16.4. The van der Waals surface area contributed by atoms with Gasteiger partial charge >= 0.3 is 5.97 Å². The maximum atomic E-state index is 12.3. The van der Waals surface area contributed by atoms with E-state index >= 15 is 0 Å². The van der Waals surface area contributed by atoms with Gasteiger partial charge in [0.2, 0.25) is 5.91 Å². The molecule has 2 aromatic carbocycles. The molecule has 0 bridgehead atoms. The standard InChI is InChI=1S/C16H16N2O3/c1-16(17,12-7-3-2-4-8-12)15(21)18-13-9-5-6-11(10-13)14(19)20/h2-10H,17H2,1H3,(H,18,21)(H,19,20). The molecule has 108 valence electrons. The lowest BCUT2D eigenvalue weighted by atomic mass is 9.92. The third-order valence-electron chi connectivity index (χ3n) is 3.21. The van der Waals surface area contributed by atoms with Gasteiger partial charge in [-0.25, -0.2) is 4.79 Å². The first-order valence-electron chi connectivity index (χ1n) is 6.40. The Morgan fingerprint density at radius 3 is 2.38 bits per heavy atom. The summed E-state index contributed by atoms with van der Waals surface area (Å²) in [6, 6.07) is 15.0. The molecule has 2 aromatic rings. The molecule has 0 aliphatic heterocycles. The Morgan fingerprint density at radius 1 is 1.10 bits per heavy atom. The molecule has 0 aliphatic carbocycles. The molecular formula is C16H16N2O3. The van der Waals surface area contributed by atoms with Crippen molar-refractivity contribution in [2.24, 2.45) is 5.73 Å². The van der Waals surface area contributed by atoms with E-state index in [9.17, 15) is 9.59 Å². The van der Waals surface area contributed by atoms with E-state index in [0.29, 0.717) is 11.3 Å². The highest BCUT2D eigenvalue weighted by Crippen LogP contribution is 2.20. The van der Waals surface area contributed by atoms with Crippen molar-refractivity contribution in [3.63, 3.8) is 0 Å². The summed E-state index contributed by atoms with van der Waals surface area (Å²) in [6.45, 7) is 1.61. The lowest BCUT2D eigenvalue weighted by Crippen LogP contribution is -2.45. The maximum Gasteiger partial charge on any atom is 0.335 e. The van der Waals surface area contributed by atoms with Crippen molar-refractivity contribution in [1.29, 1.82) is 0 Å². The number of amides is 1. The molecule has 0 fully saturated rings. The lowest BCUT2D eigenvalue weighted by Gasteiger charge is -2.24. The summed E-state index contributed by atoms with van der Waals surface area (Å²) < 4.78 is 0. The third kappa shape index (κ3) is 3.27. The summed E-state index contributed by atoms with van der Waals surface area (Å²) in [4.78, 5) is 23.3. The number of hydrogen-bond acceptors (Lipinski definition) is 3. The van der Waals surface area contributed by atoms with Gasteiger partial charge in [0, 0.05) is 5.69 Å². The summed E-state index contributed by atoms with van der Waals surface area (Å²) in [5.41, 5.74) is 6.07. The summed E-state index contributed by atoms with van der Waals surface area (Å²) in [5.74, 6) is -1.46. The predicted molar refractivity (Wildman–Crippen MR) is 80.0 cm³/mol. The molecular weight excluding hydrogens is 268 g/mol. The highest BCUT2D eigenvalue weighted by molar-refractivity contribution is 5.99. The first kappa shape index (κ1) is 14.7. The van der Waals surface area contributed by atoms with Crippen LogP contribution in [0.5, 0.6) is 0 Å². The quantitative estimate of drug-likeness (QED) is 0.802. The molecule has 1 unspecified atom stereocenters. The molecule has 0 heterocycles. The van der Waals surface area contributed by atoms with Crippen LogP contribution in [0.2, 0.25) is 0 Å². The minimum Gasteiger partial charge on any atom is -0.478 e. The largest absolute Gasteiger partial charge is 0.478 e. The number of carboxylic acids is 1. The predicted octanol–water partition coefficient (Wildman–Crippen LogP) is 2.20. The maximum absolute atomic E-state index is 12.3. The molecule has 5 heteroatoms.